The lowest BCUT2D eigenvalue weighted by atomic mass is 9.98. The van der Waals surface area contributed by atoms with Gasteiger partial charge in [0.05, 0.1) is 0 Å². The van der Waals surface area contributed by atoms with E-state index in [4.69, 9.17) is 0 Å². The fraction of sp³-hybridized carbons (Fsp3) is 0.556. The third-order valence-corrected chi connectivity index (χ3v) is 4.67. The summed E-state index contributed by atoms with van der Waals surface area (Å²) in [6.45, 7) is 9.35. The summed E-state index contributed by atoms with van der Waals surface area (Å²) in [5.74, 6) is 0.886. The van der Waals surface area contributed by atoms with Crippen molar-refractivity contribution >= 4 is 5.91 Å². The molecule has 2 aliphatic heterocycles. The van der Waals surface area contributed by atoms with E-state index in [-0.39, 0.29) is 13.3 Å². The van der Waals surface area contributed by atoms with Crippen LogP contribution in [0.5, 0.6) is 0 Å². The van der Waals surface area contributed by atoms with Gasteiger partial charge in [-0.3, -0.25) is 4.79 Å². The molecule has 114 valence electrons. The van der Waals surface area contributed by atoms with E-state index in [1.165, 1.54) is 31.5 Å². The quantitative estimate of drug-likeness (QED) is 0.792. The summed E-state index contributed by atoms with van der Waals surface area (Å²) >= 11 is 0. The molecule has 2 heterocycles. The van der Waals surface area contributed by atoms with Crippen molar-refractivity contribution in [3.8, 4) is 0 Å². The summed E-state index contributed by atoms with van der Waals surface area (Å²) < 4.78 is 0. The minimum Gasteiger partial charge on any atom is -0.337 e. The second-order valence-corrected chi connectivity index (χ2v) is 6.38. The Labute approximate surface area is 128 Å². The Morgan fingerprint density at radius 1 is 1.14 bits per heavy atom. The highest BCUT2D eigenvalue weighted by molar-refractivity contribution is 5.95. The molecule has 2 aliphatic rings. The van der Waals surface area contributed by atoms with Gasteiger partial charge in [0.15, 0.2) is 0 Å². The van der Waals surface area contributed by atoms with Crippen LogP contribution in [0, 0.1) is 27.2 Å². The number of benzene rings is 1. The predicted octanol–water partition coefficient (Wildman–Crippen LogP) is 2.80. The first-order chi connectivity index (χ1) is 9.63. The molecule has 1 aromatic carbocycles. The van der Waals surface area contributed by atoms with Gasteiger partial charge in [0, 0.05) is 31.7 Å². The van der Waals surface area contributed by atoms with Crippen molar-refractivity contribution in [2.45, 2.75) is 26.7 Å². The zero-order valence-electron chi connectivity index (χ0n) is 13.3. The topological polar surface area (TPSA) is 23.6 Å². The normalized spacial score (nSPS) is 25.0. The van der Waals surface area contributed by atoms with Crippen LogP contribution in [-0.4, -0.2) is 48.4 Å². The number of aryl methyl sites for hydroxylation is 2. The van der Waals surface area contributed by atoms with Crippen LogP contribution in [0.25, 0.3) is 0 Å². The molecule has 2 saturated heterocycles. The maximum Gasteiger partial charge on any atom is 0.254 e. The maximum atomic E-state index is 12.8. The van der Waals surface area contributed by atoms with Gasteiger partial charge in [-0.15, -0.1) is 0 Å². The number of nitrogens with zero attached hydrogens (tertiary/aromatic N) is 2. The summed E-state index contributed by atoms with van der Waals surface area (Å²) in [7, 11) is 0. The molecule has 1 amide bonds. The number of carbonyl (C=O) groups is 1. The fourth-order valence-corrected chi connectivity index (χ4v) is 3.58. The Morgan fingerprint density at radius 2 is 1.95 bits per heavy atom. The molecule has 0 N–H and O–H groups in total. The molecule has 2 radical (unpaired) electrons. The highest BCUT2D eigenvalue weighted by Crippen LogP contribution is 2.22. The fourth-order valence-electron chi connectivity index (χ4n) is 3.58. The lowest BCUT2D eigenvalue weighted by Crippen LogP contribution is -2.36. The number of piperidine rings is 1. The van der Waals surface area contributed by atoms with Crippen molar-refractivity contribution in [2.24, 2.45) is 5.92 Å². The molecule has 0 aliphatic carbocycles. The van der Waals surface area contributed by atoms with E-state index in [9.17, 15) is 4.79 Å². The van der Waals surface area contributed by atoms with Crippen molar-refractivity contribution in [1.29, 1.82) is 0 Å². The van der Waals surface area contributed by atoms with E-state index in [2.05, 4.69) is 22.8 Å². The monoisotopic (exact) mass is 286 g/mol. The van der Waals surface area contributed by atoms with E-state index < -0.39 is 0 Å². The largest absolute Gasteiger partial charge is 0.337 e. The Hall–Kier alpha value is -1.35. The van der Waals surface area contributed by atoms with Crippen LogP contribution in [-0.2, 0) is 0 Å². The minimum atomic E-state index is 0. The van der Waals surface area contributed by atoms with E-state index in [0.29, 0.717) is 5.92 Å². The molecular formula is C18H26N2O. The molecule has 2 atom stereocenters. The number of hydrogen-bond donors (Lipinski definition) is 0. The average Bonchev–Trinajstić information content (AvgIpc) is 2.56. The van der Waals surface area contributed by atoms with Crippen LogP contribution >= 0.6 is 0 Å². The summed E-state index contributed by atoms with van der Waals surface area (Å²) in [4.78, 5) is 17.4. The molecule has 0 saturated carbocycles. The lowest BCUT2D eigenvalue weighted by molar-refractivity contribution is 0.0745. The molecule has 3 nitrogen and oxygen atoms in total. The molecule has 0 aromatic heterocycles. The number of carbonyl (C=O) groups excluding carboxylic acids is 1. The summed E-state index contributed by atoms with van der Waals surface area (Å²) in [5.41, 5.74) is 3.20. The molecule has 3 rings (SSSR count). The Morgan fingerprint density at radius 3 is 2.71 bits per heavy atom. The standard InChI is InChI=1S/C17H24N2O.CH2/c1-13-5-6-16(14(2)10-13)17(20)19-9-8-18-7-3-4-15(11-18)12-19;/h5-6,10,15H,3-4,7-9,11-12H2,1-2H3;1H2. The van der Waals surface area contributed by atoms with Gasteiger partial charge in [0.1, 0.15) is 0 Å². The maximum absolute atomic E-state index is 12.8. The van der Waals surface area contributed by atoms with Gasteiger partial charge in [0.2, 0.25) is 0 Å². The Balaban J connectivity index is 0.00000161. The zero-order valence-corrected chi connectivity index (χ0v) is 13.3. The number of hydrogen-bond acceptors (Lipinski definition) is 2. The molecule has 2 bridgehead atoms. The van der Waals surface area contributed by atoms with E-state index in [0.717, 1.165) is 30.8 Å². The minimum absolute atomic E-state index is 0. The van der Waals surface area contributed by atoms with Crippen LogP contribution in [0.3, 0.4) is 0 Å². The van der Waals surface area contributed by atoms with Gasteiger partial charge in [-0.25, -0.2) is 0 Å². The number of amides is 1. The van der Waals surface area contributed by atoms with Gasteiger partial charge >= 0.3 is 0 Å². The average molecular weight is 286 g/mol. The van der Waals surface area contributed by atoms with Crippen molar-refractivity contribution in [3.05, 3.63) is 42.3 Å². The van der Waals surface area contributed by atoms with Crippen molar-refractivity contribution in [1.82, 2.24) is 9.80 Å². The SMILES string of the molecule is Cc1ccc(C(=O)N2CCN3CCCC(C3)C2)c(C)c1.[CH2]. The highest BCUT2D eigenvalue weighted by atomic mass is 16.2. The van der Waals surface area contributed by atoms with E-state index in [1.807, 2.05) is 19.1 Å². The van der Waals surface area contributed by atoms with Gasteiger partial charge in [-0.1, -0.05) is 25.1 Å². The molecule has 3 heteroatoms. The van der Waals surface area contributed by atoms with E-state index in [1.54, 1.807) is 0 Å². The van der Waals surface area contributed by atoms with Gasteiger partial charge < -0.3 is 9.80 Å². The van der Waals surface area contributed by atoms with Crippen LogP contribution in [0.15, 0.2) is 18.2 Å². The van der Waals surface area contributed by atoms with Gasteiger partial charge in [0.25, 0.3) is 5.91 Å². The van der Waals surface area contributed by atoms with Crippen molar-refractivity contribution in [2.75, 3.05) is 32.7 Å². The van der Waals surface area contributed by atoms with Crippen LogP contribution < -0.4 is 0 Å². The second kappa shape index (κ2) is 6.61. The second-order valence-electron chi connectivity index (χ2n) is 6.38. The molecule has 0 spiro atoms. The third kappa shape index (κ3) is 3.46. The van der Waals surface area contributed by atoms with E-state index >= 15 is 0 Å². The molecule has 21 heavy (non-hydrogen) atoms. The molecule has 2 fully saturated rings. The summed E-state index contributed by atoms with van der Waals surface area (Å²) in [6, 6.07) is 6.14. The Kier molecular flexibility index (Phi) is 5.04. The molecule has 2 unspecified atom stereocenters. The number of rotatable bonds is 1. The first kappa shape index (κ1) is 16.0. The Bertz CT molecular complexity index is 512. The molecule has 1 aromatic rings. The van der Waals surface area contributed by atoms with Crippen LogP contribution in [0.2, 0.25) is 0 Å². The van der Waals surface area contributed by atoms with Crippen molar-refractivity contribution in [3.63, 3.8) is 0 Å². The first-order valence-electron chi connectivity index (χ1n) is 7.72. The molecular weight excluding hydrogens is 260 g/mol. The van der Waals surface area contributed by atoms with Crippen LogP contribution in [0.1, 0.15) is 34.3 Å². The zero-order chi connectivity index (χ0) is 14.1. The van der Waals surface area contributed by atoms with Gasteiger partial charge in [-0.05, 0) is 50.8 Å². The third-order valence-electron chi connectivity index (χ3n) is 4.67. The summed E-state index contributed by atoms with van der Waals surface area (Å²) in [5, 5.41) is 0. The van der Waals surface area contributed by atoms with Crippen LogP contribution in [0.4, 0.5) is 0 Å². The predicted molar refractivity (Wildman–Crippen MR) is 86.3 cm³/mol. The number of fused-ring (bicyclic) bond motifs is 2. The smallest absolute Gasteiger partial charge is 0.254 e. The summed E-state index contributed by atoms with van der Waals surface area (Å²) in [6.07, 6.45) is 2.56. The van der Waals surface area contributed by atoms with Gasteiger partial charge in [-0.2, -0.15) is 0 Å². The van der Waals surface area contributed by atoms with Crippen molar-refractivity contribution < 1.29 is 4.79 Å². The first-order valence-corrected chi connectivity index (χ1v) is 7.72. The highest BCUT2D eigenvalue weighted by Gasteiger charge is 2.29. The lowest BCUT2D eigenvalue weighted by Gasteiger charge is -2.29.